The van der Waals surface area contributed by atoms with E-state index in [1.165, 1.54) is 39.3 Å². The highest BCUT2D eigenvalue weighted by atomic mass is 19.1. The van der Waals surface area contributed by atoms with Gasteiger partial charge in [0, 0.05) is 20.6 Å². The minimum absolute atomic E-state index is 0.124. The Bertz CT molecular complexity index is 420. The molecule has 2 N–H and O–H groups in total. The molecule has 1 atom stereocenters. The zero-order valence-corrected chi connectivity index (χ0v) is 10.8. The van der Waals surface area contributed by atoms with Crippen molar-refractivity contribution in [3.8, 4) is 0 Å². The van der Waals surface area contributed by atoms with Gasteiger partial charge in [0.25, 0.3) is 0 Å². The van der Waals surface area contributed by atoms with Crippen LogP contribution >= 0.6 is 0 Å². The molecule has 1 unspecified atom stereocenters. The number of hydrogen-bond donors (Lipinski definition) is 1. The maximum atomic E-state index is 13.2. The van der Waals surface area contributed by atoms with E-state index >= 15 is 0 Å². The number of halogens is 1. The molecule has 0 aromatic heterocycles. The van der Waals surface area contributed by atoms with Gasteiger partial charge >= 0.3 is 0 Å². The van der Waals surface area contributed by atoms with Crippen LogP contribution in [-0.2, 0) is 19.8 Å². The summed E-state index contributed by atoms with van der Waals surface area (Å²) in [7, 11) is 2.92. The Kier molecular flexibility index (Phi) is 4.95. The number of carbonyl (C=O) groups is 1. The quantitative estimate of drug-likeness (QED) is 0.784. The number of rotatable bonds is 6. The lowest BCUT2D eigenvalue weighted by molar-refractivity contribution is -0.136. The maximum Gasteiger partial charge on any atom is 0.159 e. The number of methoxy groups -OCH3 is 2. The van der Waals surface area contributed by atoms with Crippen molar-refractivity contribution in [1.82, 2.24) is 0 Å². The maximum absolute atomic E-state index is 13.2. The van der Waals surface area contributed by atoms with Gasteiger partial charge in [0.15, 0.2) is 12.1 Å². The van der Waals surface area contributed by atoms with Gasteiger partial charge in [-0.05, 0) is 24.6 Å². The number of hydrogen-bond acceptors (Lipinski definition) is 4. The number of ketones is 1. The Hall–Kier alpha value is -1.30. The van der Waals surface area contributed by atoms with Crippen molar-refractivity contribution < 1.29 is 18.7 Å². The molecule has 4 nitrogen and oxygen atoms in total. The van der Waals surface area contributed by atoms with Gasteiger partial charge in [-0.2, -0.15) is 0 Å². The average molecular weight is 255 g/mol. The van der Waals surface area contributed by atoms with E-state index < -0.39 is 17.6 Å². The van der Waals surface area contributed by atoms with Crippen LogP contribution in [0.2, 0.25) is 0 Å². The molecule has 1 aromatic rings. The van der Waals surface area contributed by atoms with Gasteiger partial charge in [0.05, 0.1) is 0 Å². The molecule has 1 rings (SSSR count). The molecule has 100 valence electrons. The van der Waals surface area contributed by atoms with E-state index in [2.05, 4.69) is 0 Å². The van der Waals surface area contributed by atoms with Crippen molar-refractivity contribution in [3.05, 3.63) is 35.6 Å². The summed E-state index contributed by atoms with van der Waals surface area (Å²) >= 11 is 0. The number of carbonyl (C=O) groups excluding carboxylic acids is 1. The molecule has 0 bridgehead atoms. The molecule has 0 aliphatic rings. The van der Waals surface area contributed by atoms with E-state index in [1.54, 1.807) is 6.07 Å². The molecular formula is C13H18FNO3. The number of Topliss-reactive ketones (excluding diaryl/α,β-unsaturated/α-hetero) is 1. The van der Waals surface area contributed by atoms with Gasteiger partial charge in [0.2, 0.25) is 0 Å². The number of benzene rings is 1. The molecule has 0 saturated carbocycles. The fourth-order valence-corrected chi connectivity index (χ4v) is 1.76. The fraction of sp³-hybridized carbons (Fsp3) is 0.462. The highest BCUT2D eigenvalue weighted by molar-refractivity contribution is 5.87. The lowest BCUT2D eigenvalue weighted by Crippen LogP contribution is -2.47. The predicted molar refractivity (Wildman–Crippen MR) is 65.4 cm³/mol. The number of ether oxygens (including phenoxy) is 2. The minimum Gasteiger partial charge on any atom is -0.356 e. The molecular weight excluding hydrogens is 237 g/mol. The summed E-state index contributed by atoms with van der Waals surface area (Å²) < 4.78 is 23.3. The van der Waals surface area contributed by atoms with Crippen LogP contribution in [-0.4, -0.2) is 26.3 Å². The highest BCUT2D eigenvalue weighted by Crippen LogP contribution is 2.26. The van der Waals surface area contributed by atoms with Crippen molar-refractivity contribution in [1.29, 1.82) is 0 Å². The molecule has 18 heavy (non-hydrogen) atoms. The molecule has 0 aliphatic carbocycles. The van der Waals surface area contributed by atoms with E-state index in [1.807, 2.05) is 0 Å². The summed E-state index contributed by atoms with van der Waals surface area (Å²) in [4.78, 5) is 11.8. The van der Waals surface area contributed by atoms with E-state index in [0.717, 1.165) is 0 Å². The topological polar surface area (TPSA) is 61.5 Å². The van der Waals surface area contributed by atoms with Crippen LogP contribution in [0, 0.1) is 5.82 Å². The fourth-order valence-electron chi connectivity index (χ4n) is 1.76. The molecule has 0 spiro atoms. The van der Waals surface area contributed by atoms with Gasteiger partial charge < -0.3 is 15.2 Å². The van der Waals surface area contributed by atoms with Crippen molar-refractivity contribution in [2.75, 3.05) is 14.2 Å². The first-order valence-corrected chi connectivity index (χ1v) is 5.55. The summed E-state index contributed by atoms with van der Waals surface area (Å²) in [6.45, 7) is 1.37. The Morgan fingerprint density at radius 1 is 1.44 bits per heavy atom. The zero-order chi connectivity index (χ0) is 13.8. The van der Waals surface area contributed by atoms with E-state index in [0.29, 0.717) is 5.56 Å². The van der Waals surface area contributed by atoms with Crippen LogP contribution in [0.5, 0.6) is 0 Å². The van der Waals surface area contributed by atoms with Gasteiger partial charge in [-0.25, -0.2) is 4.39 Å². The summed E-state index contributed by atoms with van der Waals surface area (Å²) in [5.41, 5.74) is 5.20. The molecule has 0 heterocycles. The monoisotopic (exact) mass is 255 g/mol. The van der Waals surface area contributed by atoms with Gasteiger partial charge in [-0.3, -0.25) is 4.79 Å². The van der Waals surface area contributed by atoms with E-state index in [4.69, 9.17) is 15.2 Å². The molecule has 0 fully saturated rings. The summed E-state index contributed by atoms with van der Waals surface area (Å²) in [6.07, 6.45) is -0.499. The second-order valence-electron chi connectivity index (χ2n) is 4.14. The van der Waals surface area contributed by atoms with E-state index in [9.17, 15) is 9.18 Å². The Balaban J connectivity index is 3.11. The Morgan fingerprint density at radius 3 is 2.50 bits per heavy atom. The van der Waals surface area contributed by atoms with Crippen LogP contribution in [0.15, 0.2) is 24.3 Å². The summed E-state index contributed by atoms with van der Waals surface area (Å²) in [5.74, 6) is -0.706. The smallest absolute Gasteiger partial charge is 0.159 e. The highest BCUT2D eigenvalue weighted by Gasteiger charge is 2.36. The van der Waals surface area contributed by atoms with Crippen molar-refractivity contribution in [2.45, 2.75) is 25.2 Å². The zero-order valence-electron chi connectivity index (χ0n) is 10.8. The summed E-state index contributed by atoms with van der Waals surface area (Å²) in [6, 6.07) is 5.69. The van der Waals surface area contributed by atoms with Crippen LogP contribution in [0.4, 0.5) is 4.39 Å². The lowest BCUT2D eigenvalue weighted by atomic mass is 9.84. The van der Waals surface area contributed by atoms with Gasteiger partial charge in [0.1, 0.15) is 11.4 Å². The summed E-state index contributed by atoms with van der Waals surface area (Å²) in [5, 5.41) is 0. The predicted octanol–water partition coefficient (Wildman–Crippen LogP) is 1.58. The lowest BCUT2D eigenvalue weighted by Gasteiger charge is -2.30. The molecule has 0 amide bonds. The first kappa shape index (κ1) is 14.8. The Morgan fingerprint density at radius 2 is 2.06 bits per heavy atom. The third kappa shape index (κ3) is 3.13. The molecule has 0 saturated heterocycles. The van der Waals surface area contributed by atoms with Crippen LogP contribution in [0.25, 0.3) is 0 Å². The van der Waals surface area contributed by atoms with Crippen LogP contribution in [0.1, 0.15) is 18.9 Å². The first-order valence-electron chi connectivity index (χ1n) is 5.55. The third-order valence-electron chi connectivity index (χ3n) is 2.98. The van der Waals surface area contributed by atoms with Gasteiger partial charge in [-0.1, -0.05) is 12.1 Å². The third-order valence-corrected chi connectivity index (χ3v) is 2.98. The van der Waals surface area contributed by atoms with Gasteiger partial charge in [-0.15, -0.1) is 0 Å². The molecule has 5 heteroatoms. The van der Waals surface area contributed by atoms with Crippen molar-refractivity contribution in [2.24, 2.45) is 5.73 Å². The number of nitrogens with two attached hydrogens (primary N) is 1. The average Bonchev–Trinajstić information content (AvgIpc) is 2.35. The second-order valence-corrected chi connectivity index (χ2v) is 4.14. The normalized spacial score (nSPS) is 14.6. The largest absolute Gasteiger partial charge is 0.356 e. The SMILES string of the molecule is COC(CC(N)(C(C)=O)c1cccc(F)c1)OC. The molecule has 0 radical (unpaired) electrons. The Labute approximate surface area is 106 Å². The van der Waals surface area contributed by atoms with Crippen LogP contribution < -0.4 is 5.73 Å². The van der Waals surface area contributed by atoms with Crippen molar-refractivity contribution >= 4 is 5.78 Å². The second kappa shape index (κ2) is 6.04. The molecule has 1 aromatic carbocycles. The first-order chi connectivity index (χ1) is 8.43. The van der Waals surface area contributed by atoms with Crippen LogP contribution in [0.3, 0.4) is 0 Å². The van der Waals surface area contributed by atoms with Crippen molar-refractivity contribution in [3.63, 3.8) is 0 Å². The standard InChI is InChI=1S/C13H18FNO3/c1-9(16)13(15,8-12(17-2)18-3)10-5-4-6-11(14)7-10/h4-7,12H,8,15H2,1-3H3. The van der Waals surface area contributed by atoms with E-state index in [-0.39, 0.29) is 12.2 Å². The molecule has 0 aliphatic heterocycles. The minimum atomic E-state index is -1.32.